The van der Waals surface area contributed by atoms with Crippen LogP contribution >= 0.6 is 0 Å². The molecule has 0 aromatic heterocycles. The minimum Gasteiger partial charge on any atom is -0.392 e. The first-order valence-electron chi connectivity index (χ1n) is 4.05. The minimum atomic E-state index is -2.75. The fourth-order valence-corrected chi connectivity index (χ4v) is 2.49. The Labute approximate surface area is 72.9 Å². The summed E-state index contributed by atoms with van der Waals surface area (Å²) in [5.41, 5.74) is 0. The summed E-state index contributed by atoms with van der Waals surface area (Å²) in [6.07, 6.45) is -0.437. The predicted molar refractivity (Wildman–Crippen MR) is 46.7 cm³/mol. The van der Waals surface area contributed by atoms with Gasteiger partial charge in [0.25, 0.3) is 0 Å². The molecule has 0 aromatic rings. The lowest BCUT2D eigenvalue weighted by molar-refractivity contribution is 0.147. The number of rotatable bonds is 3. The van der Waals surface area contributed by atoms with Crippen LogP contribution in [0.2, 0.25) is 0 Å². The molecule has 0 aromatic carbocycles. The first-order chi connectivity index (χ1) is 5.41. The van der Waals surface area contributed by atoms with Crippen molar-refractivity contribution < 1.29 is 13.5 Å². The number of nitrogens with one attached hydrogen (secondary N) is 1. The van der Waals surface area contributed by atoms with E-state index in [1.165, 1.54) is 0 Å². The van der Waals surface area contributed by atoms with Crippen LogP contribution in [0.5, 0.6) is 0 Å². The number of sulfone groups is 1. The maximum absolute atomic E-state index is 10.7. The third kappa shape index (κ3) is 2.43. The average Bonchev–Trinajstić information content (AvgIpc) is 1.83. The standard InChI is InChI=1S/C7H15NO3S/c1-5(6(2)9)8-7-3-12(10,11)4-7/h5-9H,3-4H2,1-2H3. The van der Waals surface area contributed by atoms with Crippen LogP contribution in [-0.4, -0.2) is 43.2 Å². The molecule has 1 aliphatic heterocycles. The van der Waals surface area contributed by atoms with Crippen LogP contribution in [0.4, 0.5) is 0 Å². The van der Waals surface area contributed by atoms with Crippen molar-refractivity contribution in [3.8, 4) is 0 Å². The van der Waals surface area contributed by atoms with Gasteiger partial charge in [-0.05, 0) is 13.8 Å². The molecule has 0 radical (unpaired) electrons. The van der Waals surface area contributed by atoms with Crippen molar-refractivity contribution in [2.45, 2.75) is 32.0 Å². The van der Waals surface area contributed by atoms with Gasteiger partial charge in [0.1, 0.15) is 0 Å². The first-order valence-corrected chi connectivity index (χ1v) is 5.87. The van der Waals surface area contributed by atoms with E-state index in [-0.39, 0.29) is 23.6 Å². The number of aliphatic hydroxyl groups excluding tert-OH is 1. The van der Waals surface area contributed by atoms with E-state index in [4.69, 9.17) is 5.11 Å². The van der Waals surface area contributed by atoms with Gasteiger partial charge in [0.15, 0.2) is 9.84 Å². The minimum absolute atomic E-state index is 0.0366. The summed E-state index contributed by atoms with van der Waals surface area (Å²) in [6.45, 7) is 3.53. The largest absolute Gasteiger partial charge is 0.392 e. The second-order valence-electron chi connectivity index (χ2n) is 3.47. The molecule has 0 saturated carbocycles. The van der Waals surface area contributed by atoms with Gasteiger partial charge in [-0.15, -0.1) is 0 Å². The molecule has 4 nitrogen and oxygen atoms in total. The van der Waals surface area contributed by atoms with Gasteiger partial charge in [0.05, 0.1) is 17.6 Å². The summed E-state index contributed by atoms with van der Waals surface area (Å²) < 4.78 is 21.5. The highest BCUT2D eigenvalue weighted by Crippen LogP contribution is 2.11. The molecule has 1 saturated heterocycles. The Hall–Kier alpha value is -0.130. The van der Waals surface area contributed by atoms with Gasteiger partial charge < -0.3 is 10.4 Å². The van der Waals surface area contributed by atoms with Crippen molar-refractivity contribution in [3.63, 3.8) is 0 Å². The summed E-state index contributed by atoms with van der Waals surface area (Å²) >= 11 is 0. The normalized spacial score (nSPS) is 27.6. The maximum atomic E-state index is 10.7. The number of hydrogen-bond acceptors (Lipinski definition) is 4. The fourth-order valence-electron chi connectivity index (χ4n) is 1.17. The molecule has 0 amide bonds. The van der Waals surface area contributed by atoms with Crippen LogP contribution in [-0.2, 0) is 9.84 Å². The molecule has 2 N–H and O–H groups in total. The van der Waals surface area contributed by atoms with Gasteiger partial charge in [-0.3, -0.25) is 0 Å². The Bertz CT molecular complexity index is 235. The van der Waals surface area contributed by atoms with E-state index in [9.17, 15) is 8.42 Å². The van der Waals surface area contributed by atoms with Crippen molar-refractivity contribution in [3.05, 3.63) is 0 Å². The predicted octanol–water partition coefficient (Wildman–Crippen LogP) is -0.858. The molecule has 2 atom stereocenters. The molecule has 0 spiro atoms. The summed E-state index contributed by atoms with van der Waals surface area (Å²) in [5.74, 6) is 0.425. The lowest BCUT2D eigenvalue weighted by atomic mass is 10.2. The SMILES string of the molecule is CC(O)C(C)NC1CS(=O)(=O)C1. The molecule has 0 bridgehead atoms. The molecule has 1 heterocycles. The highest BCUT2D eigenvalue weighted by atomic mass is 32.2. The van der Waals surface area contributed by atoms with Crippen LogP contribution in [0, 0.1) is 0 Å². The average molecular weight is 193 g/mol. The Balaban J connectivity index is 2.28. The Morgan fingerprint density at radius 2 is 1.92 bits per heavy atom. The van der Waals surface area contributed by atoms with Crippen LogP contribution in [0.25, 0.3) is 0 Å². The second kappa shape index (κ2) is 3.32. The van der Waals surface area contributed by atoms with Gasteiger partial charge in [-0.2, -0.15) is 0 Å². The molecular formula is C7H15NO3S. The van der Waals surface area contributed by atoms with E-state index < -0.39 is 15.9 Å². The zero-order valence-corrected chi connectivity index (χ0v) is 8.13. The topological polar surface area (TPSA) is 66.4 Å². The van der Waals surface area contributed by atoms with E-state index in [1.54, 1.807) is 6.92 Å². The molecule has 0 aliphatic carbocycles. The summed E-state index contributed by atoms with van der Waals surface area (Å²) in [4.78, 5) is 0. The van der Waals surface area contributed by atoms with E-state index in [0.717, 1.165) is 0 Å². The molecule has 1 aliphatic rings. The maximum Gasteiger partial charge on any atom is 0.153 e. The molecule has 12 heavy (non-hydrogen) atoms. The molecule has 1 rings (SSSR count). The Morgan fingerprint density at radius 1 is 1.42 bits per heavy atom. The van der Waals surface area contributed by atoms with Gasteiger partial charge >= 0.3 is 0 Å². The lowest BCUT2D eigenvalue weighted by Crippen LogP contribution is -2.55. The van der Waals surface area contributed by atoms with Crippen molar-refractivity contribution in [2.75, 3.05) is 11.5 Å². The van der Waals surface area contributed by atoms with Crippen LogP contribution in [0.15, 0.2) is 0 Å². The zero-order valence-electron chi connectivity index (χ0n) is 7.32. The molecular weight excluding hydrogens is 178 g/mol. The smallest absolute Gasteiger partial charge is 0.153 e. The lowest BCUT2D eigenvalue weighted by Gasteiger charge is -2.30. The Morgan fingerprint density at radius 3 is 2.25 bits per heavy atom. The van der Waals surface area contributed by atoms with Crippen molar-refractivity contribution in [1.29, 1.82) is 0 Å². The van der Waals surface area contributed by atoms with Crippen molar-refractivity contribution >= 4 is 9.84 Å². The highest BCUT2D eigenvalue weighted by molar-refractivity contribution is 7.92. The molecule has 5 heteroatoms. The van der Waals surface area contributed by atoms with Gasteiger partial charge in [-0.25, -0.2) is 8.42 Å². The Kier molecular flexibility index (Phi) is 2.75. The number of hydrogen-bond donors (Lipinski definition) is 2. The summed E-state index contributed by atoms with van der Waals surface area (Å²) in [6, 6.07) is 0.00472. The van der Waals surface area contributed by atoms with Gasteiger partial charge in [0, 0.05) is 12.1 Å². The first kappa shape index (κ1) is 9.95. The number of aliphatic hydroxyl groups is 1. The molecule has 2 unspecified atom stereocenters. The monoisotopic (exact) mass is 193 g/mol. The van der Waals surface area contributed by atoms with Crippen LogP contribution < -0.4 is 5.32 Å². The van der Waals surface area contributed by atoms with Crippen molar-refractivity contribution in [1.82, 2.24) is 5.32 Å². The summed E-state index contributed by atoms with van der Waals surface area (Å²) in [5, 5.41) is 12.1. The van der Waals surface area contributed by atoms with Gasteiger partial charge in [0.2, 0.25) is 0 Å². The third-order valence-electron chi connectivity index (χ3n) is 2.13. The van der Waals surface area contributed by atoms with Gasteiger partial charge in [-0.1, -0.05) is 0 Å². The van der Waals surface area contributed by atoms with E-state index in [0.29, 0.717) is 0 Å². The summed E-state index contributed by atoms with van der Waals surface area (Å²) in [7, 11) is -2.75. The highest BCUT2D eigenvalue weighted by Gasteiger charge is 2.34. The van der Waals surface area contributed by atoms with E-state index >= 15 is 0 Å². The zero-order chi connectivity index (χ0) is 9.35. The fraction of sp³-hybridized carbons (Fsp3) is 1.00. The quantitative estimate of drug-likeness (QED) is 0.612. The molecule has 1 fully saturated rings. The second-order valence-corrected chi connectivity index (χ2v) is 5.62. The van der Waals surface area contributed by atoms with E-state index in [1.807, 2.05) is 6.92 Å². The molecule has 72 valence electrons. The third-order valence-corrected chi connectivity index (χ3v) is 3.95. The van der Waals surface area contributed by atoms with Crippen LogP contribution in [0.1, 0.15) is 13.8 Å². The van der Waals surface area contributed by atoms with E-state index in [2.05, 4.69) is 5.32 Å². The van der Waals surface area contributed by atoms with Crippen LogP contribution in [0.3, 0.4) is 0 Å². The van der Waals surface area contributed by atoms with Crippen molar-refractivity contribution in [2.24, 2.45) is 0 Å².